The molecule has 0 fully saturated rings. The van der Waals surface area contributed by atoms with Crippen LogP contribution < -0.4 is 5.73 Å². The zero-order valence-corrected chi connectivity index (χ0v) is 6.54. The van der Waals surface area contributed by atoms with Crippen molar-refractivity contribution in [2.24, 2.45) is 5.73 Å². The average Bonchev–Trinajstić information content (AvgIpc) is 2.49. The topological polar surface area (TPSA) is 62.0 Å². The Bertz CT molecular complexity index is 406. The van der Waals surface area contributed by atoms with Crippen LogP contribution in [-0.2, 0) is 6.54 Å². The Morgan fingerprint density at radius 3 is 2.92 bits per heavy atom. The maximum atomic E-state index is 9.42. The molecule has 1 heterocycles. The van der Waals surface area contributed by atoms with Crippen LogP contribution in [0.2, 0.25) is 0 Å². The van der Waals surface area contributed by atoms with Gasteiger partial charge in [0.1, 0.15) is 5.75 Å². The average molecular weight is 162 g/mol. The third-order valence-electron chi connectivity index (χ3n) is 1.92. The Morgan fingerprint density at radius 1 is 1.42 bits per heavy atom. The quantitative estimate of drug-likeness (QED) is 0.592. The van der Waals surface area contributed by atoms with E-state index in [-0.39, 0.29) is 0 Å². The molecule has 2 aromatic rings. The zero-order valence-electron chi connectivity index (χ0n) is 6.54. The first-order valence-electron chi connectivity index (χ1n) is 3.81. The number of benzene rings is 1. The molecule has 1 aromatic heterocycles. The van der Waals surface area contributed by atoms with Gasteiger partial charge in [0.05, 0.1) is 0 Å². The molecule has 2 rings (SSSR count). The van der Waals surface area contributed by atoms with Gasteiger partial charge in [0, 0.05) is 23.1 Å². The van der Waals surface area contributed by atoms with Crippen LogP contribution in [0.4, 0.5) is 0 Å². The van der Waals surface area contributed by atoms with Crippen LogP contribution in [0.1, 0.15) is 5.69 Å². The maximum absolute atomic E-state index is 9.42. The van der Waals surface area contributed by atoms with Crippen LogP contribution in [0.25, 0.3) is 10.9 Å². The number of nitrogens with two attached hydrogens (primary N) is 1. The van der Waals surface area contributed by atoms with Gasteiger partial charge in [-0.05, 0) is 18.2 Å². The van der Waals surface area contributed by atoms with Gasteiger partial charge in [0.25, 0.3) is 0 Å². The lowest BCUT2D eigenvalue weighted by Crippen LogP contribution is -1.94. The molecule has 0 bridgehead atoms. The fourth-order valence-corrected chi connectivity index (χ4v) is 1.31. The minimum Gasteiger partial charge on any atom is -0.507 e. The highest BCUT2D eigenvalue weighted by Gasteiger charge is 2.01. The number of hydrogen-bond acceptors (Lipinski definition) is 2. The van der Waals surface area contributed by atoms with Crippen LogP contribution in [0, 0.1) is 0 Å². The number of phenols is 1. The maximum Gasteiger partial charge on any atom is 0.124 e. The molecule has 0 aliphatic rings. The smallest absolute Gasteiger partial charge is 0.124 e. The lowest BCUT2D eigenvalue weighted by molar-refractivity contribution is 0.481. The molecule has 0 unspecified atom stereocenters. The number of nitrogens with one attached hydrogen (secondary N) is 1. The van der Waals surface area contributed by atoms with E-state index in [4.69, 9.17) is 5.73 Å². The van der Waals surface area contributed by atoms with Crippen molar-refractivity contribution in [1.29, 1.82) is 0 Å². The van der Waals surface area contributed by atoms with Gasteiger partial charge < -0.3 is 15.8 Å². The first kappa shape index (κ1) is 7.18. The summed E-state index contributed by atoms with van der Waals surface area (Å²) in [7, 11) is 0. The molecule has 3 heteroatoms. The molecule has 62 valence electrons. The number of phenolic OH excluding ortho intramolecular Hbond substituents is 1. The summed E-state index contributed by atoms with van der Waals surface area (Å²) in [4.78, 5) is 3.10. The number of aromatic nitrogens is 1. The zero-order chi connectivity index (χ0) is 8.55. The molecule has 1 aromatic carbocycles. The van der Waals surface area contributed by atoms with Crippen molar-refractivity contribution in [3.8, 4) is 5.75 Å². The fourth-order valence-electron chi connectivity index (χ4n) is 1.31. The molecule has 0 aliphatic heterocycles. The Balaban J connectivity index is 2.74. The molecular weight excluding hydrogens is 152 g/mol. The number of rotatable bonds is 1. The van der Waals surface area contributed by atoms with Crippen LogP contribution in [-0.4, -0.2) is 10.1 Å². The summed E-state index contributed by atoms with van der Waals surface area (Å²) in [5, 5.41) is 10.3. The van der Waals surface area contributed by atoms with Crippen LogP contribution in [0.5, 0.6) is 5.75 Å². The molecule has 0 saturated carbocycles. The molecule has 0 amide bonds. The summed E-state index contributed by atoms with van der Waals surface area (Å²) >= 11 is 0. The normalized spacial score (nSPS) is 10.8. The number of H-pyrrole nitrogens is 1. The minimum absolute atomic E-state index is 0.295. The number of aromatic amines is 1. The predicted molar refractivity (Wildman–Crippen MR) is 47.9 cm³/mol. The SMILES string of the molecule is NCc1cc2c(O)cccc2[nH]1. The first-order chi connectivity index (χ1) is 5.81. The molecule has 3 nitrogen and oxygen atoms in total. The summed E-state index contributed by atoms with van der Waals surface area (Å²) in [6.45, 7) is 0.466. The van der Waals surface area contributed by atoms with Gasteiger partial charge in [-0.25, -0.2) is 0 Å². The van der Waals surface area contributed by atoms with Crippen molar-refractivity contribution in [3.05, 3.63) is 30.0 Å². The van der Waals surface area contributed by atoms with Gasteiger partial charge >= 0.3 is 0 Å². The molecule has 0 radical (unpaired) electrons. The Morgan fingerprint density at radius 2 is 2.25 bits per heavy atom. The fraction of sp³-hybridized carbons (Fsp3) is 0.111. The van der Waals surface area contributed by atoms with Crippen molar-refractivity contribution in [2.45, 2.75) is 6.54 Å². The van der Waals surface area contributed by atoms with E-state index in [9.17, 15) is 5.11 Å². The number of fused-ring (bicyclic) bond motifs is 1. The minimum atomic E-state index is 0.295. The molecule has 0 aliphatic carbocycles. The number of aromatic hydroxyl groups is 1. The largest absolute Gasteiger partial charge is 0.507 e. The summed E-state index contributed by atoms with van der Waals surface area (Å²) in [6, 6.07) is 7.24. The number of hydrogen-bond donors (Lipinski definition) is 3. The van der Waals surface area contributed by atoms with Gasteiger partial charge in [-0.1, -0.05) is 6.07 Å². The Hall–Kier alpha value is -1.48. The summed E-state index contributed by atoms with van der Waals surface area (Å²) < 4.78 is 0. The predicted octanol–water partition coefficient (Wildman–Crippen LogP) is 1.33. The van der Waals surface area contributed by atoms with Crippen molar-refractivity contribution < 1.29 is 5.11 Å². The van der Waals surface area contributed by atoms with E-state index in [1.807, 2.05) is 12.1 Å². The summed E-state index contributed by atoms with van der Waals surface area (Å²) in [6.07, 6.45) is 0. The molecule has 12 heavy (non-hydrogen) atoms. The summed E-state index contributed by atoms with van der Waals surface area (Å²) in [5.74, 6) is 0.295. The van der Waals surface area contributed by atoms with Gasteiger partial charge in [-0.15, -0.1) is 0 Å². The first-order valence-corrected chi connectivity index (χ1v) is 3.81. The third kappa shape index (κ3) is 0.950. The highest BCUT2D eigenvalue weighted by molar-refractivity contribution is 5.86. The standard InChI is InChI=1S/C9H10N2O/c10-5-6-4-7-8(11-6)2-1-3-9(7)12/h1-4,11-12H,5,10H2. The van der Waals surface area contributed by atoms with Gasteiger partial charge in [0.2, 0.25) is 0 Å². The monoisotopic (exact) mass is 162 g/mol. The van der Waals surface area contributed by atoms with Crippen molar-refractivity contribution in [1.82, 2.24) is 4.98 Å². The second-order valence-electron chi connectivity index (χ2n) is 2.74. The van der Waals surface area contributed by atoms with Crippen molar-refractivity contribution in [2.75, 3.05) is 0 Å². The van der Waals surface area contributed by atoms with E-state index in [1.54, 1.807) is 12.1 Å². The van der Waals surface area contributed by atoms with E-state index in [0.717, 1.165) is 16.6 Å². The Labute approximate surface area is 69.8 Å². The summed E-state index contributed by atoms with van der Waals surface area (Å²) in [5.41, 5.74) is 7.31. The van der Waals surface area contributed by atoms with Gasteiger partial charge in [0.15, 0.2) is 0 Å². The molecule has 0 spiro atoms. The van der Waals surface area contributed by atoms with Crippen LogP contribution >= 0.6 is 0 Å². The van der Waals surface area contributed by atoms with E-state index < -0.39 is 0 Å². The van der Waals surface area contributed by atoms with E-state index in [2.05, 4.69) is 4.98 Å². The van der Waals surface area contributed by atoms with E-state index in [1.165, 1.54) is 0 Å². The van der Waals surface area contributed by atoms with Gasteiger partial charge in [-0.2, -0.15) is 0 Å². The lowest BCUT2D eigenvalue weighted by Gasteiger charge is -1.91. The molecule has 4 N–H and O–H groups in total. The molecule has 0 atom stereocenters. The van der Waals surface area contributed by atoms with Gasteiger partial charge in [-0.3, -0.25) is 0 Å². The Kier molecular flexibility index (Phi) is 1.52. The second kappa shape index (κ2) is 2.53. The third-order valence-corrected chi connectivity index (χ3v) is 1.92. The van der Waals surface area contributed by atoms with E-state index in [0.29, 0.717) is 12.3 Å². The second-order valence-corrected chi connectivity index (χ2v) is 2.74. The highest BCUT2D eigenvalue weighted by Crippen LogP contribution is 2.24. The van der Waals surface area contributed by atoms with Crippen molar-refractivity contribution >= 4 is 10.9 Å². The molecule has 0 saturated heterocycles. The lowest BCUT2D eigenvalue weighted by atomic mass is 10.2. The highest BCUT2D eigenvalue weighted by atomic mass is 16.3. The van der Waals surface area contributed by atoms with Crippen molar-refractivity contribution in [3.63, 3.8) is 0 Å². The molecular formula is C9H10N2O. The van der Waals surface area contributed by atoms with Crippen LogP contribution in [0.15, 0.2) is 24.3 Å². The van der Waals surface area contributed by atoms with E-state index >= 15 is 0 Å². The van der Waals surface area contributed by atoms with Crippen LogP contribution in [0.3, 0.4) is 0 Å².